The van der Waals surface area contributed by atoms with Gasteiger partial charge in [0.1, 0.15) is 22.8 Å². The summed E-state index contributed by atoms with van der Waals surface area (Å²) in [7, 11) is -6.39. The van der Waals surface area contributed by atoms with Crippen LogP contribution in [0.2, 0.25) is 0 Å². The number of halogens is 18. The zero-order valence-corrected chi connectivity index (χ0v) is 41.0. The lowest BCUT2D eigenvalue weighted by Crippen LogP contribution is -2.15. The molecule has 0 saturated carbocycles. The minimum Gasteiger partial charge on any atom is -0.324 e. The van der Waals surface area contributed by atoms with Gasteiger partial charge in [0.25, 0.3) is 0 Å². The van der Waals surface area contributed by atoms with Crippen molar-refractivity contribution in [3.05, 3.63) is 119 Å². The number of sulfone groups is 2. The highest BCUT2D eigenvalue weighted by atomic mass is 32.2. The van der Waals surface area contributed by atoms with Crippen molar-refractivity contribution in [3.8, 4) is 45.6 Å². The molecule has 0 saturated heterocycles. The number of aryl methyl sites for hydroxylation is 2. The van der Waals surface area contributed by atoms with Crippen LogP contribution in [0.3, 0.4) is 0 Å². The largest absolute Gasteiger partial charge is 0.433 e. The van der Waals surface area contributed by atoms with E-state index in [0.717, 1.165) is 59.6 Å². The number of alkyl halides is 18. The van der Waals surface area contributed by atoms with E-state index in [4.69, 9.17) is 0 Å². The fourth-order valence-corrected chi connectivity index (χ4v) is 9.62. The van der Waals surface area contributed by atoms with Crippen LogP contribution in [0, 0.1) is 0 Å². The third-order valence-corrected chi connectivity index (χ3v) is 15.0. The van der Waals surface area contributed by atoms with Gasteiger partial charge in [0.2, 0.25) is 0 Å². The van der Waals surface area contributed by atoms with Gasteiger partial charge in [-0.1, -0.05) is 38.1 Å². The summed E-state index contributed by atoms with van der Waals surface area (Å²) in [6.45, 7) is 2.30. The van der Waals surface area contributed by atoms with E-state index in [1.807, 2.05) is 0 Å². The van der Waals surface area contributed by atoms with Crippen molar-refractivity contribution < 1.29 is 95.9 Å². The highest BCUT2D eigenvalue weighted by Crippen LogP contribution is 2.45. The van der Waals surface area contributed by atoms with Gasteiger partial charge in [-0.05, 0) is 48.5 Å². The van der Waals surface area contributed by atoms with Crippen LogP contribution >= 0.6 is 0 Å². The Bertz CT molecular complexity index is 3860. The molecule has 32 heteroatoms. The minimum atomic E-state index is -5.25. The first kappa shape index (κ1) is 58.3. The molecule has 0 unspecified atom stereocenters. The zero-order valence-electron chi connectivity index (χ0n) is 39.3. The molecule has 0 aliphatic rings. The van der Waals surface area contributed by atoms with E-state index in [-0.39, 0.29) is 28.1 Å². The molecule has 0 bridgehead atoms. The van der Waals surface area contributed by atoms with Crippen molar-refractivity contribution in [2.75, 3.05) is 11.5 Å². The smallest absolute Gasteiger partial charge is 0.324 e. The van der Waals surface area contributed by atoms with Crippen LogP contribution in [-0.2, 0) is 70.8 Å². The molecule has 0 fully saturated rings. The number of fused-ring (bicyclic) bond motifs is 2. The fourth-order valence-electron chi connectivity index (χ4n) is 7.54. The van der Waals surface area contributed by atoms with E-state index >= 15 is 0 Å². The van der Waals surface area contributed by atoms with Gasteiger partial charge in [0.05, 0.1) is 89.4 Å². The van der Waals surface area contributed by atoms with Crippen LogP contribution in [0.5, 0.6) is 0 Å². The molecule has 8 rings (SSSR count). The van der Waals surface area contributed by atoms with Gasteiger partial charge >= 0.3 is 37.1 Å². The van der Waals surface area contributed by atoms with E-state index in [0.29, 0.717) is 42.5 Å². The normalized spacial score (nSPS) is 13.3. The van der Waals surface area contributed by atoms with Crippen molar-refractivity contribution in [2.45, 2.75) is 60.7 Å². The summed E-state index contributed by atoms with van der Waals surface area (Å²) in [6.07, 6.45) is -28.2. The number of imidazole rings is 2. The predicted molar refractivity (Wildman–Crippen MR) is 240 cm³/mol. The number of aromatic nitrogens is 8. The highest BCUT2D eigenvalue weighted by Gasteiger charge is 2.42. The average molecular weight is 1160 g/mol. The summed E-state index contributed by atoms with van der Waals surface area (Å²) in [6, 6.07) is 7.07. The molecular formula is C46H30F18N8O4S2. The Hall–Kier alpha value is -7.38. The van der Waals surface area contributed by atoms with Crippen LogP contribution in [0.1, 0.15) is 47.5 Å². The standard InChI is InChI=1S/2C23H15F9N4O2S/c1-3-39(37,38)16-8-13(22(27,28)29)18(11-4-6-12(7-5-11)21(24,25)26)35-19(16)20-34-14-9-17(23(30,31)32)33-10-15(14)36(20)2;1-3-39(37,38)16-8-13(22(27,28)29)18(11-5-4-6-12(7-11)21(24,25)26)35-19(16)20-34-14-9-17(23(30,31)32)33-10-15(14)36(20)2/h2*4-10H,3H2,1-2H3. The van der Waals surface area contributed by atoms with Gasteiger partial charge in [-0.25, -0.2) is 46.7 Å². The number of nitrogens with zero attached hydrogens (tertiary/aromatic N) is 8. The monoisotopic (exact) mass is 1160 g/mol. The molecule has 8 aromatic rings. The van der Waals surface area contributed by atoms with E-state index < -0.39 is 157 Å². The molecule has 6 aromatic heterocycles. The summed E-state index contributed by atoms with van der Waals surface area (Å²) in [5.74, 6) is -2.20. The quantitative estimate of drug-likeness (QED) is 0.134. The lowest BCUT2D eigenvalue weighted by atomic mass is 10.0. The molecule has 0 aliphatic carbocycles. The maximum atomic E-state index is 14.1. The van der Waals surface area contributed by atoms with Gasteiger partial charge < -0.3 is 9.13 Å². The Kier molecular flexibility index (Phi) is 14.8. The van der Waals surface area contributed by atoms with Gasteiger partial charge in [0.15, 0.2) is 31.3 Å². The first-order valence-electron chi connectivity index (χ1n) is 21.5. The van der Waals surface area contributed by atoms with Crippen molar-refractivity contribution in [1.29, 1.82) is 0 Å². The van der Waals surface area contributed by atoms with Crippen molar-refractivity contribution in [1.82, 2.24) is 39.0 Å². The Morgan fingerprint density at radius 1 is 0.423 bits per heavy atom. The lowest BCUT2D eigenvalue weighted by molar-refractivity contribution is -0.141. The third-order valence-electron chi connectivity index (χ3n) is 11.5. The highest BCUT2D eigenvalue weighted by molar-refractivity contribution is 7.91. The second kappa shape index (κ2) is 19.8. The third kappa shape index (κ3) is 11.6. The number of hydrogen-bond acceptors (Lipinski definition) is 10. The van der Waals surface area contributed by atoms with Crippen LogP contribution in [-0.4, -0.2) is 67.4 Å². The first-order chi connectivity index (χ1) is 35.7. The van der Waals surface area contributed by atoms with Crippen LogP contribution in [0.25, 0.3) is 67.6 Å². The second-order valence-corrected chi connectivity index (χ2v) is 21.0. The Labute approximate surface area is 426 Å². The molecular weight excluding hydrogens is 1130 g/mol. The van der Waals surface area contributed by atoms with Gasteiger partial charge in [0, 0.05) is 25.2 Å². The summed E-state index contributed by atoms with van der Waals surface area (Å²) >= 11 is 0. The fraction of sp³-hybridized carbons (Fsp3) is 0.261. The molecule has 6 heterocycles. The van der Waals surface area contributed by atoms with E-state index in [1.54, 1.807) is 0 Å². The molecule has 0 atom stereocenters. The molecule has 0 aliphatic heterocycles. The van der Waals surface area contributed by atoms with E-state index in [2.05, 4.69) is 29.9 Å². The molecule has 12 nitrogen and oxygen atoms in total. The number of benzene rings is 2. The van der Waals surface area contributed by atoms with Crippen LogP contribution in [0.4, 0.5) is 79.0 Å². The second-order valence-electron chi connectivity index (χ2n) is 16.5. The Morgan fingerprint density at radius 3 is 1.15 bits per heavy atom. The molecule has 78 heavy (non-hydrogen) atoms. The van der Waals surface area contributed by atoms with Gasteiger partial charge in [-0.3, -0.25) is 0 Å². The van der Waals surface area contributed by atoms with Crippen molar-refractivity contribution in [2.24, 2.45) is 14.1 Å². The summed E-state index contributed by atoms with van der Waals surface area (Å²) < 4.78 is 296. The Balaban J connectivity index is 0.000000226. The van der Waals surface area contributed by atoms with Crippen molar-refractivity contribution >= 4 is 41.7 Å². The Morgan fingerprint density at radius 2 is 0.808 bits per heavy atom. The summed E-state index contributed by atoms with van der Waals surface area (Å²) in [5, 5.41) is 0. The maximum Gasteiger partial charge on any atom is 0.433 e. The maximum absolute atomic E-state index is 14.1. The zero-order chi connectivity index (χ0) is 58.3. The molecule has 0 spiro atoms. The van der Waals surface area contributed by atoms with E-state index in [9.17, 15) is 95.9 Å². The van der Waals surface area contributed by atoms with Crippen LogP contribution < -0.4 is 0 Å². The lowest BCUT2D eigenvalue weighted by Gasteiger charge is -2.18. The molecule has 2 aromatic carbocycles. The molecule has 0 amide bonds. The molecule has 416 valence electrons. The topological polar surface area (TPSA) is 155 Å². The molecule has 0 N–H and O–H groups in total. The van der Waals surface area contributed by atoms with Crippen molar-refractivity contribution in [3.63, 3.8) is 0 Å². The molecule has 0 radical (unpaired) electrons. The number of hydrogen-bond donors (Lipinski definition) is 0. The van der Waals surface area contributed by atoms with Crippen LogP contribution in [0.15, 0.2) is 95.0 Å². The number of pyridine rings is 4. The SMILES string of the molecule is CCS(=O)(=O)c1cc(C(F)(F)F)c(-c2ccc(C(F)(F)F)cc2)nc1-c1nc2cc(C(F)(F)F)ncc2n1C.CCS(=O)(=O)c1cc(C(F)(F)F)c(-c2cccc(C(F)(F)F)c2)nc1-c1nc2cc(C(F)(F)F)ncc2n1C. The summed E-state index contributed by atoms with van der Waals surface area (Å²) in [4.78, 5) is 20.5. The van der Waals surface area contributed by atoms with Gasteiger partial charge in [-0.2, -0.15) is 79.0 Å². The number of rotatable bonds is 8. The minimum absolute atomic E-state index is 0.0179. The summed E-state index contributed by atoms with van der Waals surface area (Å²) in [5.41, 5.74) is -13.2. The van der Waals surface area contributed by atoms with Gasteiger partial charge in [-0.15, -0.1) is 0 Å². The first-order valence-corrected chi connectivity index (χ1v) is 24.8. The predicted octanol–water partition coefficient (Wildman–Crippen LogP) is 13.1. The van der Waals surface area contributed by atoms with E-state index in [1.165, 1.54) is 14.1 Å². The average Bonchev–Trinajstić information content (AvgIpc) is 4.00.